The second-order valence-corrected chi connectivity index (χ2v) is 4.20. The molecule has 0 radical (unpaired) electrons. The predicted molar refractivity (Wildman–Crippen MR) is 63.0 cm³/mol. The van der Waals surface area contributed by atoms with Gasteiger partial charge in [0.15, 0.2) is 6.10 Å². The number of carbonyl (C=O) groups excluding carboxylic acids is 1. The third-order valence-corrected chi connectivity index (χ3v) is 2.55. The van der Waals surface area contributed by atoms with Gasteiger partial charge in [0.05, 0.1) is 0 Å². The summed E-state index contributed by atoms with van der Waals surface area (Å²) in [5, 5.41) is 2.54. The van der Waals surface area contributed by atoms with Crippen LogP contribution in [0.15, 0.2) is 22.7 Å². The van der Waals surface area contributed by atoms with E-state index in [1.165, 1.54) is 0 Å². The molecule has 0 heterocycles. The van der Waals surface area contributed by atoms with Crippen LogP contribution < -0.4 is 10.1 Å². The first-order valence-electron chi connectivity index (χ1n) is 4.69. The molecule has 1 rings (SSSR count). The number of carbonyl (C=O) groups is 1. The molecule has 0 saturated carbocycles. The summed E-state index contributed by atoms with van der Waals surface area (Å²) in [6.07, 6.45) is -0.477. The quantitative estimate of drug-likeness (QED) is 0.916. The molecule has 0 saturated heterocycles. The minimum Gasteiger partial charge on any atom is -0.481 e. The molecule has 4 heteroatoms. The van der Waals surface area contributed by atoms with Crippen LogP contribution in [0.5, 0.6) is 5.75 Å². The third-order valence-electron chi connectivity index (χ3n) is 2.06. The number of rotatable bonds is 3. The maximum atomic E-state index is 11.2. The fourth-order valence-electron chi connectivity index (χ4n) is 1.19. The Morgan fingerprint density at radius 3 is 2.73 bits per heavy atom. The Morgan fingerprint density at radius 2 is 2.20 bits per heavy atom. The zero-order chi connectivity index (χ0) is 11.4. The first kappa shape index (κ1) is 12.0. The molecular formula is C11H14BrNO2. The van der Waals surface area contributed by atoms with Gasteiger partial charge in [0.1, 0.15) is 5.75 Å². The van der Waals surface area contributed by atoms with Crippen LogP contribution >= 0.6 is 15.9 Å². The number of benzene rings is 1. The number of amides is 1. The minimum absolute atomic E-state index is 0.127. The Morgan fingerprint density at radius 1 is 1.53 bits per heavy atom. The van der Waals surface area contributed by atoms with Crippen molar-refractivity contribution < 1.29 is 9.53 Å². The average molecular weight is 272 g/mol. The lowest BCUT2D eigenvalue weighted by molar-refractivity contribution is -0.126. The summed E-state index contributed by atoms with van der Waals surface area (Å²) in [4.78, 5) is 11.2. The SMILES string of the molecule is CNC(=O)C(C)Oc1ccc(Br)cc1C. The molecule has 0 aliphatic carbocycles. The van der Waals surface area contributed by atoms with Crippen LogP contribution in [0.25, 0.3) is 0 Å². The van der Waals surface area contributed by atoms with Crippen molar-refractivity contribution in [3.63, 3.8) is 0 Å². The van der Waals surface area contributed by atoms with Crippen molar-refractivity contribution in [1.29, 1.82) is 0 Å². The maximum Gasteiger partial charge on any atom is 0.260 e. The molecule has 15 heavy (non-hydrogen) atoms. The van der Waals surface area contributed by atoms with E-state index < -0.39 is 6.10 Å². The van der Waals surface area contributed by atoms with Gasteiger partial charge in [-0.2, -0.15) is 0 Å². The van der Waals surface area contributed by atoms with E-state index in [0.29, 0.717) is 0 Å². The van der Waals surface area contributed by atoms with Crippen molar-refractivity contribution in [3.05, 3.63) is 28.2 Å². The number of nitrogens with one attached hydrogen (secondary N) is 1. The second kappa shape index (κ2) is 5.16. The highest BCUT2D eigenvalue weighted by atomic mass is 79.9. The highest BCUT2D eigenvalue weighted by Crippen LogP contribution is 2.23. The number of halogens is 1. The second-order valence-electron chi connectivity index (χ2n) is 3.28. The van der Waals surface area contributed by atoms with Crippen LogP contribution in [0.1, 0.15) is 12.5 Å². The van der Waals surface area contributed by atoms with Gasteiger partial charge in [-0.1, -0.05) is 15.9 Å². The smallest absolute Gasteiger partial charge is 0.260 e. The molecule has 0 aliphatic rings. The van der Waals surface area contributed by atoms with Gasteiger partial charge in [-0.3, -0.25) is 4.79 Å². The molecule has 3 nitrogen and oxygen atoms in total. The van der Waals surface area contributed by atoms with Crippen LogP contribution in [-0.4, -0.2) is 19.1 Å². The number of likely N-dealkylation sites (N-methyl/N-ethyl adjacent to an activating group) is 1. The summed E-state index contributed by atoms with van der Waals surface area (Å²) >= 11 is 3.37. The number of hydrogen-bond donors (Lipinski definition) is 1. The van der Waals surface area contributed by atoms with Crippen molar-refractivity contribution >= 4 is 21.8 Å². The zero-order valence-corrected chi connectivity index (χ0v) is 10.6. The van der Waals surface area contributed by atoms with Crippen LogP contribution in [0, 0.1) is 6.92 Å². The standard InChI is InChI=1S/C11H14BrNO2/c1-7-6-9(12)4-5-10(7)15-8(2)11(14)13-3/h4-6,8H,1-3H3,(H,13,14). The minimum atomic E-state index is -0.477. The molecule has 0 fully saturated rings. The number of hydrogen-bond acceptors (Lipinski definition) is 2. The molecular weight excluding hydrogens is 258 g/mol. The predicted octanol–water partition coefficient (Wildman–Crippen LogP) is 2.27. The monoisotopic (exact) mass is 271 g/mol. The molecule has 1 atom stereocenters. The molecule has 1 aromatic rings. The normalized spacial score (nSPS) is 12.0. The molecule has 1 amide bonds. The molecule has 1 N–H and O–H groups in total. The van der Waals surface area contributed by atoms with E-state index in [0.717, 1.165) is 15.8 Å². The van der Waals surface area contributed by atoms with Crippen molar-refractivity contribution in [2.24, 2.45) is 0 Å². The Hall–Kier alpha value is -1.03. The zero-order valence-electron chi connectivity index (χ0n) is 9.00. The first-order chi connectivity index (χ1) is 7.04. The fourth-order valence-corrected chi connectivity index (χ4v) is 1.67. The van der Waals surface area contributed by atoms with Crippen molar-refractivity contribution in [2.45, 2.75) is 20.0 Å². The molecule has 0 aromatic heterocycles. The lowest BCUT2D eigenvalue weighted by atomic mass is 10.2. The van der Waals surface area contributed by atoms with Crippen LogP contribution in [0.4, 0.5) is 0 Å². The van der Waals surface area contributed by atoms with Gasteiger partial charge in [-0.05, 0) is 37.6 Å². The van der Waals surface area contributed by atoms with Gasteiger partial charge < -0.3 is 10.1 Å². The summed E-state index contributed by atoms with van der Waals surface area (Å²) in [7, 11) is 1.59. The largest absolute Gasteiger partial charge is 0.481 e. The molecule has 1 aromatic carbocycles. The van der Waals surface area contributed by atoms with Crippen molar-refractivity contribution in [1.82, 2.24) is 5.32 Å². The lowest BCUT2D eigenvalue weighted by Crippen LogP contribution is -2.33. The maximum absolute atomic E-state index is 11.2. The van der Waals surface area contributed by atoms with Gasteiger partial charge >= 0.3 is 0 Å². The Balaban J connectivity index is 2.76. The highest BCUT2D eigenvalue weighted by molar-refractivity contribution is 9.10. The summed E-state index contributed by atoms with van der Waals surface area (Å²) < 4.78 is 6.52. The lowest BCUT2D eigenvalue weighted by Gasteiger charge is -2.14. The number of ether oxygens (including phenoxy) is 1. The Kier molecular flexibility index (Phi) is 4.15. The molecule has 0 bridgehead atoms. The Labute approximate surface area is 97.9 Å². The number of aryl methyl sites for hydroxylation is 1. The third kappa shape index (κ3) is 3.23. The van der Waals surface area contributed by atoms with Gasteiger partial charge in [-0.25, -0.2) is 0 Å². The molecule has 0 spiro atoms. The Bertz CT molecular complexity index is 366. The summed E-state index contributed by atoms with van der Waals surface area (Å²) in [5.74, 6) is 0.603. The summed E-state index contributed by atoms with van der Waals surface area (Å²) in [6.45, 7) is 3.66. The first-order valence-corrected chi connectivity index (χ1v) is 5.48. The van der Waals surface area contributed by atoms with Crippen LogP contribution in [-0.2, 0) is 4.79 Å². The van der Waals surface area contributed by atoms with E-state index in [1.807, 2.05) is 25.1 Å². The highest BCUT2D eigenvalue weighted by Gasteiger charge is 2.13. The van der Waals surface area contributed by atoms with E-state index >= 15 is 0 Å². The van der Waals surface area contributed by atoms with E-state index in [-0.39, 0.29) is 5.91 Å². The summed E-state index contributed by atoms with van der Waals surface area (Å²) in [5.41, 5.74) is 1.00. The molecule has 82 valence electrons. The van der Waals surface area contributed by atoms with E-state index in [9.17, 15) is 4.79 Å². The van der Waals surface area contributed by atoms with Gasteiger partial charge in [0, 0.05) is 11.5 Å². The van der Waals surface area contributed by atoms with E-state index in [1.54, 1.807) is 14.0 Å². The average Bonchev–Trinajstić information content (AvgIpc) is 2.20. The van der Waals surface area contributed by atoms with E-state index in [2.05, 4.69) is 21.2 Å². The molecule has 1 unspecified atom stereocenters. The topological polar surface area (TPSA) is 38.3 Å². The summed E-state index contributed by atoms with van der Waals surface area (Å²) in [6, 6.07) is 5.68. The van der Waals surface area contributed by atoms with Gasteiger partial charge in [0.2, 0.25) is 0 Å². The molecule has 0 aliphatic heterocycles. The van der Waals surface area contributed by atoms with Gasteiger partial charge in [-0.15, -0.1) is 0 Å². The van der Waals surface area contributed by atoms with Gasteiger partial charge in [0.25, 0.3) is 5.91 Å². The van der Waals surface area contributed by atoms with Crippen LogP contribution in [0.3, 0.4) is 0 Å². The van der Waals surface area contributed by atoms with Crippen molar-refractivity contribution in [2.75, 3.05) is 7.05 Å². The van der Waals surface area contributed by atoms with Crippen LogP contribution in [0.2, 0.25) is 0 Å². The van der Waals surface area contributed by atoms with E-state index in [4.69, 9.17) is 4.74 Å². The fraction of sp³-hybridized carbons (Fsp3) is 0.364. The van der Waals surface area contributed by atoms with Crippen molar-refractivity contribution in [3.8, 4) is 5.75 Å².